The molecule has 0 N–H and O–H groups in total. The van der Waals surface area contributed by atoms with E-state index in [-0.39, 0.29) is 32.1 Å². The lowest BCUT2D eigenvalue weighted by Crippen LogP contribution is -2.68. The van der Waals surface area contributed by atoms with E-state index in [0.717, 1.165) is 92.3 Å². The molecule has 0 fully saturated rings. The van der Waals surface area contributed by atoms with Gasteiger partial charge in [-0.2, -0.15) is 9.15 Å². The van der Waals surface area contributed by atoms with Crippen LogP contribution in [-0.4, -0.2) is 44.5 Å². The second-order valence-electron chi connectivity index (χ2n) is 28.8. The number of hydrogen-bond donors (Lipinski definition) is 0. The van der Waals surface area contributed by atoms with Crippen molar-refractivity contribution in [3.8, 4) is 0 Å². The number of nitro groups is 2. The van der Waals surface area contributed by atoms with Crippen LogP contribution in [0.3, 0.4) is 0 Å². The van der Waals surface area contributed by atoms with Gasteiger partial charge in [-0.15, -0.1) is 20.5 Å². The molecule has 11 aromatic carbocycles. The predicted octanol–water partition coefficient (Wildman–Crippen LogP) is 10.1. The molecule has 20 heteroatoms. The SMILES string of the molecule is CN1/C(=C/C=C/C2=[N+](Cc3ccc(C[N+]4=C(/C=C/C=C5/N(C)c6ccccc6C5(Cc5ccccc5)Cc5ccccc5)C(C)(C)c5c4ccc4ccc([N+](=O)[O-])cc54)cc3)c3ccc4ccc([N+](=O)[O-])cc4c3C2(C)C)C(Cc2ccccc2)(Cc2ccccc2)c2ccccc21.[O-][Cl+3]([O-])([O-])[O-].[O-][Cl+3]([O-])([O-])[O-]. The molecular formula is C88H78Cl2N6O12. The largest absolute Gasteiger partial charge is 0.347 e. The molecule has 0 spiro atoms. The average molecular weight is 1480 g/mol. The number of para-hydroxylation sites is 2. The number of hydrogen-bond acceptors (Lipinski definition) is 14. The van der Waals surface area contributed by atoms with Crippen LogP contribution < -0.4 is 47.1 Å². The van der Waals surface area contributed by atoms with E-state index in [1.165, 1.54) is 56.1 Å². The number of halogens is 2. The first-order valence-corrected chi connectivity index (χ1v) is 37.6. The van der Waals surface area contributed by atoms with Crippen LogP contribution in [0.25, 0.3) is 21.5 Å². The minimum atomic E-state index is -4.94. The van der Waals surface area contributed by atoms with Gasteiger partial charge >= 0.3 is 0 Å². The zero-order valence-corrected chi connectivity index (χ0v) is 61.8. The number of nitrogens with zero attached hydrogens (tertiary/aromatic N) is 6. The van der Waals surface area contributed by atoms with Crippen molar-refractivity contribution in [1.82, 2.24) is 0 Å². The Morgan fingerprint density at radius 2 is 0.667 bits per heavy atom. The van der Waals surface area contributed by atoms with E-state index in [1.54, 1.807) is 24.3 Å². The van der Waals surface area contributed by atoms with Crippen LogP contribution in [0.4, 0.5) is 34.1 Å². The van der Waals surface area contributed by atoms with E-state index in [4.69, 9.17) is 37.3 Å². The molecule has 11 aromatic rings. The standard InChI is InChI=1S/C88H78N6O4.2ClHO4/c1-85(2)79(37-23-39-81-87(55-61-25-11-7-12-26-61,56-62-27-13-8-14-28-62)73-33-19-21-35-75(73)89(81)5)91(77-51-47-67-45-49-69(93(95)96)53-71(67)83(77)85)59-65-41-43-66(44-42-65)60-92-78-52-48-68-46-50-70(94(97)98)54-72(68)84(78)86(3,4)80(92)38-24-40-82-88(57-63-29-15-9-16-30-63,58-64-31-17-10-18-32-64)74-34-20-22-36-76(74)90(82)6;2*2-1(3,4)5/h7-54H,55-60H2,1-6H3;2*(H,2,3,4,5)/q+2;;/p-2. The summed E-state index contributed by atoms with van der Waals surface area (Å²) in [5, 5.41) is 28.6. The van der Waals surface area contributed by atoms with E-state index < -0.39 is 31.3 Å². The average Bonchev–Trinajstić information content (AvgIpc) is 1.59. The Morgan fingerprint density at radius 3 is 0.972 bits per heavy atom. The Hall–Kier alpha value is -11.1. The number of likely N-dealkylation sites (N-methyl/N-ethyl adjacent to an activating group) is 2. The summed E-state index contributed by atoms with van der Waals surface area (Å²) in [7, 11) is -5.50. The van der Waals surface area contributed by atoms with Gasteiger partial charge in [-0.3, -0.25) is 20.2 Å². The van der Waals surface area contributed by atoms with E-state index in [2.05, 4.69) is 316 Å². The maximum atomic E-state index is 12.5. The fourth-order valence-electron chi connectivity index (χ4n) is 17.0. The number of anilines is 2. The highest BCUT2D eigenvalue weighted by Crippen LogP contribution is 2.54. The zero-order valence-electron chi connectivity index (χ0n) is 60.3. The molecule has 546 valence electrons. The molecular weight excluding hydrogens is 1400 g/mol. The normalized spacial score (nSPS) is 16.6. The van der Waals surface area contributed by atoms with Gasteiger partial charge in [-0.1, -0.05) is 194 Å². The number of fused-ring (bicyclic) bond motifs is 8. The van der Waals surface area contributed by atoms with Gasteiger partial charge in [0.25, 0.3) is 11.4 Å². The lowest BCUT2D eigenvalue weighted by atomic mass is 9.70. The van der Waals surface area contributed by atoms with Crippen molar-refractivity contribution in [1.29, 1.82) is 0 Å². The third kappa shape index (κ3) is 15.4. The van der Waals surface area contributed by atoms with Crippen molar-refractivity contribution < 1.29 is 76.8 Å². The van der Waals surface area contributed by atoms with Gasteiger partial charge in [0.05, 0.1) is 20.7 Å². The Morgan fingerprint density at radius 1 is 0.380 bits per heavy atom. The molecule has 0 radical (unpaired) electrons. The molecule has 108 heavy (non-hydrogen) atoms. The van der Waals surface area contributed by atoms with Crippen LogP contribution in [-0.2, 0) is 60.4 Å². The van der Waals surface area contributed by atoms with Crippen molar-refractivity contribution in [2.45, 2.75) is 88.1 Å². The van der Waals surface area contributed by atoms with Gasteiger partial charge in [0.2, 0.25) is 11.4 Å². The van der Waals surface area contributed by atoms with Crippen molar-refractivity contribution in [3.05, 3.63) is 379 Å². The lowest BCUT2D eigenvalue weighted by Gasteiger charge is -2.33. The summed E-state index contributed by atoms with van der Waals surface area (Å²) < 4.78 is 72.8. The zero-order chi connectivity index (χ0) is 76.5. The third-order valence-corrected chi connectivity index (χ3v) is 21.5. The second kappa shape index (κ2) is 30.3. The molecule has 0 amide bonds. The van der Waals surface area contributed by atoms with Crippen LogP contribution in [0.2, 0.25) is 0 Å². The van der Waals surface area contributed by atoms with Crippen molar-refractivity contribution >= 4 is 67.1 Å². The Kier molecular flexibility index (Phi) is 21.1. The number of allylic oxidation sites excluding steroid dienone is 8. The fraction of sp³-hybridized carbons (Fsp3) is 0.182. The Labute approximate surface area is 630 Å². The summed E-state index contributed by atoms with van der Waals surface area (Å²) in [6.45, 7) is 10.1. The van der Waals surface area contributed by atoms with E-state index >= 15 is 0 Å². The first kappa shape index (κ1) is 75.1. The lowest BCUT2D eigenvalue weighted by molar-refractivity contribution is -2.00. The molecule has 0 unspecified atom stereocenters. The second-order valence-corrected chi connectivity index (χ2v) is 30.3. The maximum absolute atomic E-state index is 12.5. The molecule has 0 atom stereocenters. The molecule has 4 heterocycles. The van der Waals surface area contributed by atoms with E-state index in [9.17, 15) is 20.2 Å². The molecule has 0 aromatic heterocycles. The number of nitro benzene ring substituents is 2. The molecule has 4 aliphatic rings. The molecule has 0 aliphatic carbocycles. The summed E-state index contributed by atoms with van der Waals surface area (Å²) in [5.41, 5.74) is 19.2. The van der Waals surface area contributed by atoms with Gasteiger partial charge in [-0.25, -0.2) is 37.3 Å². The molecule has 0 saturated heterocycles. The van der Waals surface area contributed by atoms with Crippen molar-refractivity contribution in [3.63, 3.8) is 0 Å². The predicted molar refractivity (Wildman–Crippen MR) is 399 cm³/mol. The fourth-order valence-corrected chi connectivity index (χ4v) is 17.0. The maximum Gasteiger partial charge on any atom is 0.270 e. The highest BCUT2D eigenvalue weighted by atomic mass is 35.7. The van der Waals surface area contributed by atoms with Crippen molar-refractivity contribution in [2.75, 3.05) is 23.9 Å². The summed E-state index contributed by atoms with van der Waals surface area (Å²) >= 11 is 0. The van der Waals surface area contributed by atoms with E-state index in [0.29, 0.717) is 13.1 Å². The van der Waals surface area contributed by atoms with Gasteiger partial charge in [0, 0.05) is 118 Å². The van der Waals surface area contributed by atoms with Crippen LogP contribution in [0, 0.1) is 40.7 Å². The topological polar surface area (TPSA) is 283 Å². The van der Waals surface area contributed by atoms with Gasteiger partial charge in [-0.05, 0) is 157 Å². The number of rotatable bonds is 18. The van der Waals surface area contributed by atoms with Gasteiger partial charge < -0.3 is 9.80 Å². The third-order valence-electron chi connectivity index (χ3n) is 21.5. The molecule has 15 rings (SSSR count). The molecule has 0 saturated carbocycles. The van der Waals surface area contributed by atoms with E-state index in [1.807, 2.05) is 12.1 Å². The van der Waals surface area contributed by atoms with Gasteiger partial charge in [0.1, 0.15) is 0 Å². The van der Waals surface area contributed by atoms with Crippen LogP contribution in [0.5, 0.6) is 0 Å². The first-order valence-electron chi connectivity index (χ1n) is 35.2. The minimum Gasteiger partial charge on any atom is -0.347 e. The van der Waals surface area contributed by atoms with Crippen LogP contribution in [0.1, 0.15) is 83.3 Å². The molecule has 0 bridgehead atoms. The van der Waals surface area contributed by atoms with Crippen LogP contribution >= 0.6 is 0 Å². The summed E-state index contributed by atoms with van der Waals surface area (Å²) in [4.78, 5) is 29.1. The van der Waals surface area contributed by atoms with Gasteiger partial charge in [0.15, 0.2) is 24.5 Å². The Bertz CT molecular complexity index is 5010. The highest BCUT2D eigenvalue weighted by Gasteiger charge is 2.50. The molecule has 18 nitrogen and oxygen atoms in total. The molecule has 4 aliphatic heterocycles. The smallest absolute Gasteiger partial charge is 0.270 e. The monoisotopic (exact) mass is 1480 g/mol. The highest BCUT2D eigenvalue weighted by molar-refractivity contribution is 6.09. The van der Waals surface area contributed by atoms with Crippen LogP contribution in [0.15, 0.2) is 303 Å². The first-order chi connectivity index (χ1) is 51.5. The van der Waals surface area contributed by atoms with Crippen molar-refractivity contribution in [2.24, 2.45) is 0 Å². The number of non-ortho nitro benzene ring substituents is 2. The minimum absolute atomic E-state index is 0.0631. The quantitative estimate of drug-likeness (QED) is 0.0439. The Balaban J connectivity index is 0.000000967. The number of benzene rings is 11. The summed E-state index contributed by atoms with van der Waals surface area (Å²) in [6.07, 6.45) is 16.9. The summed E-state index contributed by atoms with van der Waals surface area (Å²) in [6, 6.07) is 89.0. The summed E-state index contributed by atoms with van der Waals surface area (Å²) in [5.74, 6) is 0.